The fourth-order valence-corrected chi connectivity index (χ4v) is 1.85. The number of benzene rings is 1. The van der Waals surface area contributed by atoms with Crippen molar-refractivity contribution in [2.24, 2.45) is 5.73 Å². The van der Waals surface area contributed by atoms with Crippen molar-refractivity contribution in [2.45, 2.75) is 19.4 Å². The molecule has 1 heterocycles. The molecule has 1 atom stereocenters. The molecule has 5 heteroatoms. The van der Waals surface area contributed by atoms with Crippen LogP contribution in [0.3, 0.4) is 0 Å². The minimum atomic E-state index is -0.359. The molecule has 0 saturated heterocycles. The number of imidazole rings is 1. The molecule has 1 aromatic carbocycles. The first kappa shape index (κ1) is 13.3. The summed E-state index contributed by atoms with van der Waals surface area (Å²) in [4.78, 5) is 15.4. The topological polar surface area (TPSA) is 70.1 Å². The van der Waals surface area contributed by atoms with Gasteiger partial charge in [0, 0.05) is 24.1 Å². The molecule has 0 aliphatic heterocycles. The summed E-state index contributed by atoms with van der Waals surface area (Å²) in [5.74, 6) is -0.275. The van der Waals surface area contributed by atoms with Crippen LogP contribution in [-0.4, -0.2) is 22.1 Å². The van der Waals surface area contributed by atoms with E-state index in [4.69, 9.17) is 10.5 Å². The van der Waals surface area contributed by atoms with Crippen LogP contribution >= 0.6 is 0 Å². The maximum absolute atomic E-state index is 11.4. The molecular formula is C14H17N3O2. The van der Waals surface area contributed by atoms with Crippen molar-refractivity contribution in [2.75, 3.05) is 6.61 Å². The Hall–Kier alpha value is -2.14. The first-order valence-corrected chi connectivity index (χ1v) is 6.20. The summed E-state index contributed by atoms with van der Waals surface area (Å²) in [6, 6.07) is 7.37. The number of carbonyl (C=O) groups excluding carboxylic acids is 1. The first-order valence-electron chi connectivity index (χ1n) is 6.20. The second kappa shape index (κ2) is 6.15. The molecule has 0 aliphatic rings. The van der Waals surface area contributed by atoms with Crippen LogP contribution in [0.25, 0.3) is 5.69 Å². The maximum atomic E-state index is 11.4. The summed E-state index contributed by atoms with van der Waals surface area (Å²) >= 11 is 0. The molecule has 0 radical (unpaired) electrons. The molecule has 2 aromatic rings. The van der Waals surface area contributed by atoms with Gasteiger partial charge in [0.1, 0.15) is 0 Å². The number of hydrogen-bond acceptors (Lipinski definition) is 4. The summed E-state index contributed by atoms with van der Waals surface area (Å²) < 4.78 is 6.79. The van der Waals surface area contributed by atoms with E-state index in [0.29, 0.717) is 6.61 Å². The molecule has 0 fully saturated rings. The second-order valence-corrected chi connectivity index (χ2v) is 4.18. The maximum Gasteiger partial charge on any atom is 0.307 e. The number of ether oxygens (including phenoxy) is 1. The van der Waals surface area contributed by atoms with Gasteiger partial charge in [-0.25, -0.2) is 4.98 Å². The van der Waals surface area contributed by atoms with E-state index in [2.05, 4.69) is 4.98 Å². The summed E-state index contributed by atoms with van der Waals surface area (Å²) in [6.45, 7) is 2.16. The lowest BCUT2D eigenvalue weighted by molar-refractivity contribution is -0.143. The molecule has 0 spiro atoms. The van der Waals surface area contributed by atoms with Crippen LogP contribution in [0.5, 0.6) is 0 Å². The highest BCUT2D eigenvalue weighted by Gasteiger charge is 2.13. The van der Waals surface area contributed by atoms with Crippen molar-refractivity contribution in [3.8, 4) is 5.69 Å². The number of rotatable bonds is 5. The highest BCUT2D eigenvalue weighted by Crippen LogP contribution is 2.18. The van der Waals surface area contributed by atoms with Gasteiger partial charge in [-0.05, 0) is 24.6 Å². The Labute approximate surface area is 112 Å². The van der Waals surface area contributed by atoms with Crippen LogP contribution in [0.2, 0.25) is 0 Å². The Morgan fingerprint density at radius 3 is 3.05 bits per heavy atom. The van der Waals surface area contributed by atoms with Gasteiger partial charge in [-0.15, -0.1) is 0 Å². The molecule has 100 valence electrons. The van der Waals surface area contributed by atoms with Crippen LogP contribution < -0.4 is 5.73 Å². The normalized spacial score (nSPS) is 12.1. The zero-order valence-corrected chi connectivity index (χ0v) is 10.8. The third-order valence-electron chi connectivity index (χ3n) is 2.79. The molecule has 1 aromatic heterocycles. The van der Waals surface area contributed by atoms with Crippen LogP contribution in [0.1, 0.15) is 24.9 Å². The predicted octanol–water partition coefficient (Wildman–Crippen LogP) is 1.83. The number of nitrogens with two attached hydrogens (primary N) is 1. The number of esters is 1. The van der Waals surface area contributed by atoms with Gasteiger partial charge in [0.05, 0.1) is 19.4 Å². The molecule has 2 rings (SSSR count). The second-order valence-electron chi connectivity index (χ2n) is 4.18. The van der Waals surface area contributed by atoms with Crippen LogP contribution in [-0.2, 0) is 9.53 Å². The lowest BCUT2D eigenvalue weighted by Crippen LogP contribution is -2.17. The van der Waals surface area contributed by atoms with Gasteiger partial charge < -0.3 is 15.0 Å². The predicted molar refractivity (Wildman–Crippen MR) is 71.7 cm³/mol. The molecular weight excluding hydrogens is 242 g/mol. The Bertz CT molecular complexity index is 537. The van der Waals surface area contributed by atoms with E-state index in [1.165, 1.54) is 0 Å². The summed E-state index contributed by atoms with van der Waals surface area (Å²) in [6.07, 6.45) is 5.47. The average molecular weight is 259 g/mol. The Morgan fingerprint density at radius 2 is 2.37 bits per heavy atom. The zero-order chi connectivity index (χ0) is 13.7. The molecule has 19 heavy (non-hydrogen) atoms. The SMILES string of the molecule is CCOC(=O)C[C@H](N)c1cccc(-n2ccnc2)c1. The van der Waals surface area contributed by atoms with Gasteiger partial charge >= 0.3 is 5.97 Å². The van der Waals surface area contributed by atoms with Gasteiger partial charge in [-0.3, -0.25) is 4.79 Å². The van der Waals surface area contributed by atoms with Crippen LogP contribution in [0.15, 0.2) is 43.0 Å². The van der Waals surface area contributed by atoms with Crippen molar-refractivity contribution in [3.63, 3.8) is 0 Å². The van der Waals surface area contributed by atoms with Gasteiger partial charge in [0.25, 0.3) is 0 Å². The number of hydrogen-bond donors (Lipinski definition) is 1. The van der Waals surface area contributed by atoms with E-state index in [1.54, 1.807) is 19.4 Å². The van der Waals surface area contributed by atoms with Crippen molar-refractivity contribution in [1.29, 1.82) is 0 Å². The average Bonchev–Trinajstić information content (AvgIpc) is 2.93. The summed E-state index contributed by atoms with van der Waals surface area (Å²) in [5.41, 5.74) is 7.89. The lowest BCUT2D eigenvalue weighted by Gasteiger charge is -2.12. The smallest absolute Gasteiger partial charge is 0.307 e. The van der Waals surface area contributed by atoms with Gasteiger partial charge in [-0.1, -0.05) is 12.1 Å². The van der Waals surface area contributed by atoms with Crippen molar-refractivity contribution < 1.29 is 9.53 Å². The van der Waals surface area contributed by atoms with E-state index in [0.717, 1.165) is 11.3 Å². The third-order valence-corrected chi connectivity index (χ3v) is 2.79. The molecule has 0 amide bonds. The highest BCUT2D eigenvalue weighted by atomic mass is 16.5. The summed E-state index contributed by atoms with van der Waals surface area (Å²) in [5, 5.41) is 0. The van der Waals surface area contributed by atoms with Gasteiger partial charge in [-0.2, -0.15) is 0 Å². The van der Waals surface area contributed by atoms with Gasteiger partial charge in [0.2, 0.25) is 0 Å². The molecule has 0 saturated carbocycles. The van der Waals surface area contributed by atoms with E-state index in [9.17, 15) is 4.79 Å². The first-order chi connectivity index (χ1) is 9.20. The molecule has 0 bridgehead atoms. The molecule has 0 unspecified atom stereocenters. The quantitative estimate of drug-likeness (QED) is 0.831. The fraction of sp³-hybridized carbons (Fsp3) is 0.286. The van der Waals surface area contributed by atoms with Crippen molar-refractivity contribution >= 4 is 5.97 Å². The molecule has 0 aliphatic carbocycles. The highest BCUT2D eigenvalue weighted by molar-refractivity contribution is 5.70. The van der Waals surface area contributed by atoms with Crippen LogP contribution in [0, 0.1) is 0 Å². The standard InChI is InChI=1S/C14H17N3O2/c1-2-19-14(18)9-13(15)11-4-3-5-12(8-11)17-7-6-16-10-17/h3-8,10,13H,2,9,15H2,1H3/t13-/m0/s1. The van der Waals surface area contributed by atoms with E-state index in [1.807, 2.05) is 35.0 Å². The third kappa shape index (κ3) is 3.42. The Balaban J connectivity index is 2.12. The van der Waals surface area contributed by atoms with Crippen LogP contribution in [0.4, 0.5) is 0 Å². The van der Waals surface area contributed by atoms with E-state index >= 15 is 0 Å². The minimum Gasteiger partial charge on any atom is -0.466 e. The number of aromatic nitrogens is 2. The number of carbonyl (C=O) groups is 1. The monoisotopic (exact) mass is 259 g/mol. The lowest BCUT2D eigenvalue weighted by atomic mass is 10.0. The van der Waals surface area contributed by atoms with Crippen molar-refractivity contribution in [3.05, 3.63) is 48.5 Å². The zero-order valence-electron chi connectivity index (χ0n) is 10.8. The van der Waals surface area contributed by atoms with Gasteiger partial charge in [0.15, 0.2) is 0 Å². The van der Waals surface area contributed by atoms with Crippen molar-refractivity contribution in [1.82, 2.24) is 9.55 Å². The Morgan fingerprint density at radius 1 is 1.53 bits per heavy atom. The molecule has 2 N–H and O–H groups in total. The largest absolute Gasteiger partial charge is 0.466 e. The fourth-order valence-electron chi connectivity index (χ4n) is 1.85. The number of nitrogens with zero attached hydrogens (tertiary/aromatic N) is 2. The minimum absolute atomic E-state index is 0.182. The molecule has 5 nitrogen and oxygen atoms in total. The summed E-state index contributed by atoms with van der Waals surface area (Å²) in [7, 11) is 0. The van der Waals surface area contributed by atoms with E-state index in [-0.39, 0.29) is 18.4 Å². The Kier molecular flexibility index (Phi) is 4.30. The van der Waals surface area contributed by atoms with E-state index < -0.39 is 0 Å².